The molecule has 0 atom stereocenters. The molecule has 1 aliphatic heterocycles. The van der Waals surface area contributed by atoms with Crippen molar-refractivity contribution in [3.8, 4) is 0 Å². The molecule has 0 unspecified atom stereocenters. The van der Waals surface area contributed by atoms with E-state index in [2.05, 4.69) is 9.88 Å². The van der Waals surface area contributed by atoms with E-state index in [1.54, 1.807) is 20.3 Å². The van der Waals surface area contributed by atoms with Gasteiger partial charge in [-0.25, -0.2) is 8.96 Å². The normalized spacial score (nSPS) is 15.7. The maximum absolute atomic E-state index is 12.2. The van der Waals surface area contributed by atoms with Crippen molar-refractivity contribution in [1.29, 1.82) is 0 Å². The number of rotatable bonds is 15. The van der Waals surface area contributed by atoms with Crippen LogP contribution in [0.4, 0.5) is 0 Å². The molecule has 7 heteroatoms. The third kappa shape index (κ3) is 7.84. The van der Waals surface area contributed by atoms with Gasteiger partial charge in [-0.15, -0.1) is 0 Å². The number of aryl methyl sites for hydroxylation is 1. The molecule has 0 aliphatic carbocycles. The first-order valence-electron chi connectivity index (χ1n) is 11.2. The summed E-state index contributed by atoms with van der Waals surface area (Å²) in [5.41, 5.74) is 0.780. The molecule has 2 rings (SSSR count). The summed E-state index contributed by atoms with van der Waals surface area (Å²) in [5.74, 6) is 0. The van der Waals surface area contributed by atoms with Crippen LogP contribution in [0.25, 0.3) is 0 Å². The molecule has 1 aromatic rings. The van der Waals surface area contributed by atoms with Gasteiger partial charge in [0.1, 0.15) is 6.33 Å². The molecule has 0 amide bonds. The fraction of sp³-hybridized carbons (Fsp3) is 0.857. The second-order valence-corrected chi connectivity index (χ2v) is 10.3. The molecule has 0 spiro atoms. The zero-order chi connectivity index (χ0) is 20.2. The third-order valence-corrected chi connectivity index (χ3v) is 7.49. The number of likely N-dealkylation sites (tertiary alicyclic amines) is 1. The molecular formula is C21H40N4O2S. The van der Waals surface area contributed by atoms with E-state index in [1.165, 1.54) is 98.4 Å². The van der Waals surface area contributed by atoms with Crippen molar-refractivity contribution in [1.82, 2.24) is 18.2 Å². The Morgan fingerprint density at radius 2 is 1.43 bits per heavy atom. The monoisotopic (exact) mass is 412 g/mol. The Hall–Kier alpha value is -0.920. The van der Waals surface area contributed by atoms with Crippen LogP contribution in [0, 0.1) is 0 Å². The summed E-state index contributed by atoms with van der Waals surface area (Å²) in [4.78, 5) is 6.63. The van der Waals surface area contributed by atoms with E-state index < -0.39 is 10.2 Å². The summed E-state index contributed by atoms with van der Waals surface area (Å²) in [6.07, 6.45) is 19.6. The van der Waals surface area contributed by atoms with Crippen LogP contribution >= 0.6 is 0 Å². The molecule has 2 heterocycles. The summed E-state index contributed by atoms with van der Waals surface area (Å²) < 4.78 is 27.0. The van der Waals surface area contributed by atoms with Gasteiger partial charge in [-0.05, 0) is 51.7 Å². The van der Waals surface area contributed by atoms with Crippen LogP contribution in [0.15, 0.2) is 12.5 Å². The molecule has 0 N–H and O–H groups in total. The molecule has 1 aliphatic rings. The quantitative estimate of drug-likeness (QED) is 0.407. The van der Waals surface area contributed by atoms with E-state index in [-0.39, 0.29) is 0 Å². The highest BCUT2D eigenvalue weighted by atomic mass is 32.2. The molecule has 162 valence electrons. The number of aromatic nitrogens is 2. The first kappa shape index (κ1) is 23.4. The van der Waals surface area contributed by atoms with Crippen LogP contribution in [0.2, 0.25) is 0 Å². The molecule has 0 radical (unpaired) electrons. The first-order chi connectivity index (χ1) is 13.5. The van der Waals surface area contributed by atoms with Crippen LogP contribution in [-0.2, 0) is 16.6 Å². The average molecular weight is 413 g/mol. The Bertz CT molecular complexity index is 637. The minimum absolute atomic E-state index is 0.768. The summed E-state index contributed by atoms with van der Waals surface area (Å²) in [6.45, 7) is 3.97. The summed E-state index contributed by atoms with van der Waals surface area (Å²) >= 11 is 0. The van der Waals surface area contributed by atoms with E-state index in [4.69, 9.17) is 0 Å². The average Bonchev–Trinajstić information content (AvgIpc) is 3.34. The van der Waals surface area contributed by atoms with Gasteiger partial charge in [0.15, 0.2) is 0 Å². The van der Waals surface area contributed by atoms with Gasteiger partial charge in [-0.3, -0.25) is 0 Å². The SMILES string of the molecule is CN(C)S(=O)(=O)n1cncc1CCCCCCCCCCCCN1CCCC1. The Morgan fingerprint density at radius 1 is 0.893 bits per heavy atom. The van der Waals surface area contributed by atoms with E-state index in [1.807, 2.05) is 0 Å². The fourth-order valence-corrected chi connectivity index (χ4v) is 4.89. The van der Waals surface area contributed by atoms with Crippen molar-refractivity contribution >= 4 is 10.2 Å². The fourth-order valence-electron chi connectivity index (χ4n) is 3.93. The zero-order valence-corrected chi connectivity index (χ0v) is 18.8. The van der Waals surface area contributed by atoms with Crippen molar-refractivity contribution in [2.75, 3.05) is 33.7 Å². The molecule has 0 bridgehead atoms. The minimum atomic E-state index is -3.45. The molecule has 0 saturated carbocycles. The third-order valence-electron chi connectivity index (χ3n) is 5.74. The number of unbranched alkanes of at least 4 members (excludes halogenated alkanes) is 9. The van der Waals surface area contributed by atoms with Crippen LogP contribution < -0.4 is 0 Å². The lowest BCUT2D eigenvalue weighted by atomic mass is 10.1. The van der Waals surface area contributed by atoms with Crippen molar-refractivity contribution < 1.29 is 8.42 Å². The second-order valence-electron chi connectivity index (χ2n) is 8.31. The van der Waals surface area contributed by atoms with Gasteiger partial charge in [-0.1, -0.05) is 51.4 Å². The van der Waals surface area contributed by atoms with E-state index >= 15 is 0 Å². The largest absolute Gasteiger partial charge is 0.308 e. The smallest absolute Gasteiger partial charge is 0.303 e. The van der Waals surface area contributed by atoms with Crippen molar-refractivity contribution in [2.45, 2.75) is 83.5 Å². The van der Waals surface area contributed by atoms with Gasteiger partial charge in [0.05, 0.1) is 5.69 Å². The molecule has 28 heavy (non-hydrogen) atoms. The van der Waals surface area contributed by atoms with Gasteiger partial charge in [0.25, 0.3) is 0 Å². The summed E-state index contributed by atoms with van der Waals surface area (Å²) in [7, 11) is -0.352. The summed E-state index contributed by atoms with van der Waals surface area (Å²) in [6, 6.07) is 0. The highest BCUT2D eigenvalue weighted by Crippen LogP contribution is 2.15. The van der Waals surface area contributed by atoms with Crippen molar-refractivity contribution in [3.05, 3.63) is 18.2 Å². The maximum atomic E-state index is 12.2. The van der Waals surface area contributed by atoms with Crippen molar-refractivity contribution in [2.24, 2.45) is 0 Å². The first-order valence-corrected chi connectivity index (χ1v) is 12.6. The zero-order valence-electron chi connectivity index (χ0n) is 18.0. The highest BCUT2D eigenvalue weighted by Gasteiger charge is 2.19. The number of imidazole rings is 1. The Kier molecular flexibility index (Phi) is 10.5. The summed E-state index contributed by atoms with van der Waals surface area (Å²) in [5, 5.41) is 0. The predicted octanol–water partition coefficient (Wildman–Crippen LogP) is 4.08. The standard InChI is InChI=1S/C21H40N4O2S/c1-23(2)28(26,27)25-20-22-19-21(25)15-11-9-7-5-3-4-6-8-10-12-16-24-17-13-14-18-24/h19-20H,3-18H2,1-2H3. The van der Waals surface area contributed by atoms with E-state index in [0.717, 1.165) is 25.0 Å². The lowest BCUT2D eigenvalue weighted by Gasteiger charge is -2.14. The molecule has 0 aromatic carbocycles. The van der Waals surface area contributed by atoms with Crippen LogP contribution in [-0.4, -0.2) is 60.3 Å². The van der Waals surface area contributed by atoms with Crippen LogP contribution in [0.3, 0.4) is 0 Å². The Morgan fingerprint density at radius 3 is 2.00 bits per heavy atom. The van der Waals surface area contributed by atoms with Gasteiger partial charge in [0.2, 0.25) is 0 Å². The van der Waals surface area contributed by atoms with Crippen LogP contribution in [0.1, 0.15) is 82.7 Å². The number of hydrogen-bond acceptors (Lipinski definition) is 4. The lowest BCUT2D eigenvalue weighted by molar-refractivity contribution is 0.327. The van der Waals surface area contributed by atoms with Gasteiger partial charge in [-0.2, -0.15) is 12.7 Å². The molecule has 1 saturated heterocycles. The highest BCUT2D eigenvalue weighted by molar-refractivity contribution is 7.87. The van der Waals surface area contributed by atoms with Gasteiger partial charge in [0, 0.05) is 20.3 Å². The molecule has 1 fully saturated rings. The number of hydrogen-bond donors (Lipinski definition) is 0. The van der Waals surface area contributed by atoms with E-state index in [0.29, 0.717) is 0 Å². The molecule has 6 nitrogen and oxygen atoms in total. The minimum Gasteiger partial charge on any atom is -0.303 e. The van der Waals surface area contributed by atoms with Gasteiger partial charge < -0.3 is 4.90 Å². The lowest BCUT2D eigenvalue weighted by Crippen LogP contribution is -2.29. The van der Waals surface area contributed by atoms with Crippen molar-refractivity contribution in [3.63, 3.8) is 0 Å². The maximum Gasteiger partial charge on any atom is 0.308 e. The second kappa shape index (κ2) is 12.6. The molecular weight excluding hydrogens is 372 g/mol. The Balaban J connectivity index is 1.43. The molecule has 1 aromatic heterocycles. The predicted molar refractivity (Wildman–Crippen MR) is 116 cm³/mol. The van der Waals surface area contributed by atoms with E-state index in [9.17, 15) is 8.42 Å². The number of nitrogens with zero attached hydrogens (tertiary/aromatic N) is 4. The topological polar surface area (TPSA) is 58.4 Å². The van der Waals surface area contributed by atoms with Crippen LogP contribution in [0.5, 0.6) is 0 Å². The van der Waals surface area contributed by atoms with Gasteiger partial charge >= 0.3 is 10.2 Å². The Labute approximate surface area is 172 Å².